The van der Waals surface area contributed by atoms with Crippen LogP contribution in [-0.4, -0.2) is 4.57 Å². The Bertz CT molecular complexity index is 590. The SMILES string of the molecule is CCCCCCCCCCCCCCCCC[n+]1ccn(CCCCCCCCCC)c1CCCCCC. The van der Waals surface area contributed by atoms with Crippen molar-refractivity contribution in [1.29, 1.82) is 0 Å². The molecular weight excluding hydrogens is 460 g/mol. The van der Waals surface area contributed by atoms with Crippen molar-refractivity contribution < 1.29 is 4.57 Å². The molecule has 1 aromatic heterocycles. The largest absolute Gasteiger partial charge is 0.256 e. The van der Waals surface area contributed by atoms with E-state index in [4.69, 9.17) is 0 Å². The van der Waals surface area contributed by atoms with E-state index in [0.29, 0.717) is 0 Å². The molecule has 0 atom stereocenters. The molecule has 0 spiro atoms. The quantitative estimate of drug-likeness (QED) is 0.0689. The van der Waals surface area contributed by atoms with Gasteiger partial charge in [-0.15, -0.1) is 0 Å². The molecule has 1 aromatic rings. The van der Waals surface area contributed by atoms with E-state index in [1.807, 2.05) is 0 Å². The molecule has 224 valence electrons. The first kappa shape index (κ1) is 35.2. The lowest BCUT2D eigenvalue weighted by Crippen LogP contribution is -2.37. The Hall–Kier alpha value is -0.790. The van der Waals surface area contributed by atoms with Crippen molar-refractivity contribution in [3.8, 4) is 0 Å². The van der Waals surface area contributed by atoms with E-state index >= 15 is 0 Å². The Kier molecular flexibility index (Phi) is 25.7. The third-order valence-corrected chi connectivity index (χ3v) is 8.60. The summed E-state index contributed by atoms with van der Waals surface area (Å²) in [5, 5.41) is 0. The molecule has 0 saturated heterocycles. The lowest BCUT2D eigenvalue weighted by atomic mass is 10.0. The van der Waals surface area contributed by atoms with Crippen LogP contribution in [0.25, 0.3) is 0 Å². The molecule has 0 unspecified atom stereocenters. The third-order valence-electron chi connectivity index (χ3n) is 8.60. The van der Waals surface area contributed by atoms with Crippen molar-refractivity contribution in [1.82, 2.24) is 4.57 Å². The van der Waals surface area contributed by atoms with Crippen LogP contribution < -0.4 is 4.57 Å². The van der Waals surface area contributed by atoms with Gasteiger partial charge in [-0.3, -0.25) is 0 Å². The lowest BCUT2D eigenvalue weighted by molar-refractivity contribution is -0.704. The molecular formula is C36H71N2+. The highest BCUT2D eigenvalue weighted by molar-refractivity contribution is 4.84. The maximum Gasteiger partial charge on any atom is 0.256 e. The summed E-state index contributed by atoms with van der Waals surface area (Å²) < 4.78 is 5.22. The number of imidazole rings is 1. The average molecular weight is 532 g/mol. The summed E-state index contributed by atoms with van der Waals surface area (Å²) in [5.41, 5.74) is 0. The van der Waals surface area contributed by atoms with Gasteiger partial charge in [0.2, 0.25) is 0 Å². The Morgan fingerprint density at radius 1 is 0.447 bits per heavy atom. The zero-order chi connectivity index (χ0) is 27.4. The zero-order valence-electron chi connectivity index (χ0n) is 26.8. The fourth-order valence-corrected chi connectivity index (χ4v) is 5.97. The summed E-state index contributed by atoms with van der Waals surface area (Å²) in [7, 11) is 0. The highest BCUT2D eigenvalue weighted by Crippen LogP contribution is 2.14. The van der Waals surface area contributed by atoms with Gasteiger partial charge in [-0.2, -0.15) is 0 Å². The minimum atomic E-state index is 1.23. The molecule has 0 aromatic carbocycles. The molecule has 1 rings (SSSR count). The van der Waals surface area contributed by atoms with Gasteiger partial charge in [0.05, 0.1) is 13.1 Å². The smallest absolute Gasteiger partial charge is 0.234 e. The van der Waals surface area contributed by atoms with Gasteiger partial charge < -0.3 is 0 Å². The zero-order valence-corrected chi connectivity index (χ0v) is 26.8. The predicted octanol–water partition coefficient (Wildman–Crippen LogP) is 11.9. The Morgan fingerprint density at radius 3 is 1.26 bits per heavy atom. The van der Waals surface area contributed by atoms with Crippen molar-refractivity contribution in [2.24, 2.45) is 0 Å². The number of hydrogen-bond acceptors (Lipinski definition) is 0. The summed E-state index contributed by atoms with van der Waals surface area (Å²) in [6.07, 6.45) is 44.5. The number of hydrogen-bond donors (Lipinski definition) is 0. The Morgan fingerprint density at radius 2 is 0.816 bits per heavy atom. The second-order valence-electron chi connectivity index (χ2n) is 12.3. The van der Waals surface area contributed by atoms with Crippen LogP contribution in [0.5, 0.6) is 0 Å². The van der Waals surface area contributed by atoms with Crippen LogP contribution in [0.4, 0.5) is 0 Å². The van der Waals surface area contributed by atoms with Crippen LogP contribution in [0.1, 0.15) is 200 Å². The number of nitrogens with zero attached hydrogens (tertiary/aromatic N) is 2. The molecule has 2 heteroatoms. The van der Waals surface area contributed by atoms with Gasteiger partial charge in [0.1, 0.15) is 12.4 Å². The van der Waals surface area contributed by atoms with E-state index in [2.05, 4.69) is 42.3 Å². The molecule has 0 bridgehead atoms. The molecule has 0 aliphatic rings. The summed E-state index contributed by atoms with van der Waals surface area (Å²) in [6, 6.07) is 0. The molecule has 0 aliphatic heterocycles. The van der Waals surface area contributed by atoms with Gasteiger partial charge in [0.15, 0.2) is 0 Å². The molecule has 0 amide bonds. The molecule has 0 fully saturated rings. The molecule has 0 saturated carbocycles. The fraction of sp³-hybridized carbons (Fsp3) is 0.917. The van der Waals surface area contributed by atoms with E-state index < -0.39 is 0 Å². The number of aryl methyl sites for hydroxylation is 2. The summed E-state index contributed by atoms with van der Waals surface area (Å²) in [5.74, 6) is 1.61. The van der Waals surface area contributed by atoms with Crippen LogP contribution in [-0.2, 0) is 19.5 Å². The van der Waals surface area contributed by atoms with E-state index in [1.54, 1.807) is 5.82 Å². The van der Waals surface area contributed by atoms with Crippen LogP contribution in [0, 0.1) is 0 Å². The van der Waals surface area contributed by atoms with Crippen molar-refractivity contribution in [3.63, 3.8) is 0 Å². The number of unbranched alkanes of at least 4 members (excludes halogenated alkanes) is 24. The summed E-state index contributed by atoms with van der Waals surface area (Å²) in [4.78, 5) is 0. The minimum Gasteiger partial charge on any atom is -0.234 e. The van der Waals surface area contributed by atoms with Gasteiger partial charge in [0.25, 0.3) is 5.82 Å². The maximum atomic E-state index is 2.61. The topological polar surface area (TPSA) is 8.81 Å². The first-order valence-electron chi connectivity index (χ1n) is 17.9. The standard InChI is InChI=1S/C36H71N2/c1-4-7-10-13-15-17-18-19-20-21-22-23-25-27-30-33-38-35-34-37(36(38)31-28-12-9-6-3)32-29-26-24-16-14-11-8-5-2/h34-35H,4-33H2,1-3H3/q+1. The van der Waals surface area contributed by atoms with Crippen molar-refractivity contribution in [2.75, 3.05) is 0 Å². The van der Waals surface area contributed by atoms with Gasteiger partial charge in [-0.1, -0.05) is 162 Å². The monoisotopic (exact) mass is 532 g/mol. The first-order chi connectivity index (χ1) is 18.8. The van der Waals surface area contributed by atoms with E-state index in [9.17, 15) is 0 Å². The molecule has 0 N–H and O–H groups in total. The predicted molar refractivity (Wildman–Crippen MR) is 170 cm³/mol. The molecule has 0 radical (unpaired) electrons. The van der Waals surface area contributed by atoms with Gasteiger partial charge in [-0.25, -0.2) is 9.13 Å². The second kappa shape index (κ2) is 27.8. The Balaban J connectivity index is 2.17. The summed E-state index contributed by atoms with van der Waals surface area (Å²) >= 11 is 0. The van der Waals surface area contributed by atoms with E-state index in [1.165, 1.54) is 193 Å². The van der Waals surface area contributed by atoms with E-state index in [0.717, 1.165) is 0 Å². The highest BCUT2D eigenvalue weighted by Gasteiger charge is 2.16. The molecule has 1 heterocycles. The van der Waals surface area contributed by atoms with Crippen LogP contribution in [0.15, 0.2) is 12.4 Å². The molecule has 2 nitrogen and oxygen atoms in total. The van der Waals surface area contributed by atoms with E-state index in [-0.39, 0.29) is 0 Å². The van der Waals surface area contributed by atoms with Crippen molar-refractivity contribution in [3.05, 3.63) is 18.2 Å². The summed E-state index contributed by atoms with van der Waals surface area (Å²) in [6.45, 7) is 9.39. The average Bonchev–Trinajstić information content (AvgIpc) is 3.31. The van der Waals surface area contributed by atoms with Gasteiger partial charge in [0, 0.05) is 6.42 Å². The van der Waals surface area contributed by atoms with Crippen molar-refractivity contribution in [2.45, 2.75) is 214 Å². The fourth-order valence-electron chi connectivity index (χ4n) is 5.97. The van der Waals surface area contributed by atoms with Gasteiger partial charge >= 0.3 is 0 Å². The lowest BCUT2D eigenvalue weighted by Gasteiger charge is -2.07. The highest BCUT2D eigenvalue weighted by atomic mass is 15.1. The van der Waals surface area contributed by atoms with Crippen LogP contribution in [0.2, 0.25) is 0 Å². The maximum absolute atomic E-state index is 2.61. The molecule has 0 aliphatic carbocycles. The van der Waals surface area contributed by atoms with Crippen molar-refractivity contribution >= 4 is 0 Å². The second-order valence-corrected chi connectivity index (χ2v) is 12.3. The number of rotatable bonds is 30. The first-order valence-corrected chi connectivity index (χ1v) is 17.9. The Labute approximate surface area is 240 Å². The third kappa shape index (κ3) is 20.2. The normalized spacial score (nSPS) is 11.6. The van der Waals surface area contributed by atoms with Crippen LogP contribution >= 0.6 is 0 Å². The molecule has 38 heavy (non-hydrogen) atoms. The number of aromatic nitrogens is 2. The van der Waals surface area contributed by atoms with Crippen LogP contribution in [0.3, 0.4) is 0 Å². The minimum absolute atomic E-state index is 1.23. The van der Waals surface area contributed by atoms with Gasteiger partial charge in [-0.05, 0) is 32.1 Å².